The normalized spacial score (nSPS) is 12.3. The van der Waals surface area contributed by atoms with Gasteiger partial charge in [-0.3, -0.25) is 9.67 Å². The maximum absolute atomic E-state index is 10.2. The van der Waals surface area contributed by atoms with E-state index in [4.69, 9.17) is 0 Å². The number of hydrogen-bond acceptors (Lipinski definition) is 4. The van der Waals surface area contributed by atoms with Crippen molar-refractivity contribution in [2.24, 2.45) is 7.05 Å². The molecule has 2 heterocycles. The molecule has 1 aromatic carbocycles. The highest BCUT2D eigenvalue weighted by Gasteiger charge is 2.11. The quantitative estimate of drug-likeness (QED) is 0.733. The van der Waals surface area contributed by atoms with Crippen molar-refractivity contribution in [3.63, 3.8) is 0 Å². The van der Waals surface area contributed by atoms with Gasteiger partial charge >= 0.3 is 0 Å². The fourth-order valence-corrected chi connectivity index (χ4v) is 2.55. The molecule has 2 N–H and O–H groups in total. The Bertz CT molecular complexity index is 740. The molecule has 3 rings (SSSR count). The van der Waals surface area contributed by atoms with Crippen molar-refractivity contribution in [3.05, 3.63) is 72.2 Å². The predicted molar refractivity (Wildman–Crippen MR) is 89.5 cm³/mol. The summed E-state index contributed by atoms with van der Waals surface area (Å²) < 4.78 is 1.80. The average molecular weight is 308 g/mol. The predicted octanol–water partition coefficient (Wildman–Crippen LogP) is 2.31. The molecule has 0 fully saturated rings. The second-order valence-electron chi connectivity index (χ2n) is 5.48. The number of nitrogens with zero attached hydrogens (tertiary/aromatic N) is 3. The van der Waals surface area contributed by atoms with Crippen molar-refractivity contribution in [1.29, 1.82) is 0 Å². The van der Waals surface area contributed by atoms with Crippen molar-refractivity contribution < 1.29 is 5.11 Å². The molecule has 0 saturated heterocycles. The lowest BCUT2D eigenvalue weighted by Crippen LogP contribution is -2.21. The Hall–Kier alpha value is -2.50. The minimum Gasteiger partial charge on any atom is -0.387 e. The fraction of sp³-hybridized carbons (Fsp3) is 0.222. The molecule has 0 aliphatic heterocycles. The van der Waals surface area contributed by atoms with Crippen LogP contribution in [0.3, 0.4) is 0 Å². The van der Waals surface area contributed by atoms with Crippen LogP contribution in [-0.2, 0) is 13.6 Å². The van der Waals surface area contributed by atoms with Crippen LogP contribution in [0.25, 0.3) is 11.3 Å². The molecule has 1 atom stereocenters. The van der Waals surface area contributed by atoms with E-state index in [2.05, 4.69) is 15.4 Å². The number of aromatic nitrogens is 3. The lowest BCUT2D eigenvalue weighted by atomic mass is 10.1. The van der Waals surface area contributed by atoms with Gasteiger partial charge in [-0.2, -0.15) is 5.10 Å². The molecule has 0 bridgehead atoms. The van der Waals surface area contributed by atoms with E-state index in [1.165, 1.54) is 0 Å². The van der Waals surface area contributed by atoms with Gasteiger partial charge in [-0.25, -0.2) is 0 Å². The molecule has 2 aromatic heterocycles. The van der Waals surface area contributed by atoms with Crippen LogP contribution < -0.4 is 5.32 Å². The summed E-state index contributed by atoms with van der Waals surface area (Å²) in [4.78, 5) is 4.15. The van der Waals surface area contributed by atoms with Gasteiger partial charge in [0.05, 0.1) is 11.8 Å². The van der Waals surface area contributed by atoms with E-state index >= 15 is 0 Å². The van der Waals surface area contributed by atoms with E-state index < -0.39 is 6.10 Å². The van der Waals surface area contributed by atoms with Gasteiger partial charge in [0.1, 0.15) is 0 Å². The number of aliphatic hydroxyl groups excluding tert-OH is 1. The van der Waals surface area contributed by atoms with Crippen molar-refractivity contribution >= 4 is 0 Å². The van der Waals surface area contributed by atoms with E-state index in [1.54, 1.807) is 10.9 Å². The highest BCUT2D eigenvalue weighted by Crippen LogP contribution is 2.20. The number of aliphatic hydroxyl groups is 1. The zero-order valence-electron chi connectivity index (χ0n) is 13.1. The van der Waals surface area contributed by atoms with Gasteiger partial charge in [0.25, 0.3) is 0 Å². The van der Waals surface area contributed by atoms with Crippen LogP contribution >= 0.6 is 0 Å². The fourth-order valence-electron chi connectivity index (χ4n) is 2.55. The maximum atomic E-state index is 10.2. The molecule has 1 unspecified atom stereocenters. The summed E-state index contributed by atoms with van der Waals surface area (Å²) in [7, 11) is 1.90. The lowest BCUT2D eigenvalue weighted by molar-refractivity contribution is 0.174. The highest BCUT2D eigenvalue weighted by atomic mass is 16.3. The van der Waals surface area contributed by atoms with Gasteiger partial charge < -0.3 is 10.4 Å². The Morgan fingerprint density at radius 1 is 1.17 bits per heavy atom. The smallest absolute Gasteiger partial charge is 0.0983 e. The largest absolute Gasteiger partial charge is 0.387 e. The Morgan fingerprint density at radius 3 is 2.74 bits per heavy atom. The minimum absolute atomic E-state index is 0.491. The molecule has 0 saturated carbocycles. The number of benzene rings is 1. The molecule has 5 heteroatoms. The molecular weight excluding hydrogens is 288 g/mol. The molecule has 3 aromatic rings. The van der Waals surface area contributed by atoms with Crippen LogP contribution in [0.1, 0.15) is 17.2 Å². The molecule has 5 nitrogen and oxygen atoms in total. The summed E-state index contributed by atoms with van der Waals surface area (Å²) in [5.41, 5.74) is 3.91. The second kappa shape index (κ2) is 7.17. The van der Waals surface area contributed by atoms with E-state index in [-0.39, 0.29) is 0 Å². The van der Waals surface area contributed by atoms with Crippen LogP contribution in [0.5, 0.6) is 0 Å². The van der Waals surface area contributed by atoms with Gasteiger partial charge in [0.2, 0.25) is 0 Å². The van der Waals surface area contributed by atoms with Gasteiger partial charge in [0, 0.05) is 49.9 Å². The van der Waals surface area contributed by atoms with Gasteiger partial charge in [0.15, 0.2) is 0 Å². The van der Waals surface area contributed by atoms with Crippen LogP contribution in [0.15, 0.2) is 61.1 Å². The summed E-state index contributed by atoms with van der Waals surface area (Å²) in [6, 6.07) is 13.6. The van der Waals surface area contributed by atoms with E-state index in [1.807, 2.05) is 61.9 Å². The molecule has 0 spiro atoms. The standard InChI is InChI=1S/C18H20N4O/c1-22-13-16(18(21-22)15-8-5-9-19-10-15)11-20-12-17(23)14-6-3-2-4-7-14/h2-10,13,17,20,23H,11-12H2,1H3. The number of pyridine rings is 1. The lowest BCUT2D eigenvalue weighted by Gasteiger charge is -2.12. The van der Waals surface area contributed by atoms with Crippen LogP contribution in [0.4, 0.5) is 0 Å². The summed E-state index contributed by atoms with van der Waals surface area (Å²) >= 11 is 0. The first kappa shape index (κ1) is 15.4. The number of rotatable bonds is 6. The molecule has 0 aliphatic rings. The monoisotopic (exact) mass is 308 g/mol. The van der Waals surface area contributed by atoms with Crippen LogP contribution in [0.2, 0.25) is 0 Å². The van der Waals surface area contributed by atoms with Gasteiger partial charge in [-0.1, -0.05) is 30.3 Å². The van der Waals surface area contributed by atoms with E-state index in [0.717, 1.165) is 22.4 Å². The molecule has 118 valence electrons. The summed E-state index contributed by atoms with van der Waals surface area (Å²) in [5, 5.41) is 18.0. The highest BCUT2D eigenvalue weighted by molar-refractivity contribution is 5.61. The third-order valence-corrected chi connectivity index (χ3v) is 3.68. The average Bonchev–Trinajstić information content (AvgIpc) is 2.97. The number of nitrogens with one attached hydrogen (secondary N) is 1. The Morgan fingerprint density at radius 2 is 2.00 bits per heavy atom. The first-order chi connectivity index (χ1) is 11.2. The number of aryl methyl sites for hydroxylation is 1. The van der Waals surface area contributed by atoms with Gasteiger partial charge in [-0.15, -0.1) is 0 Å². The zero-order valence-corrected chi connectivity index (χ0v) is 13.1. The third-order valence-electron chi connectivity index (χ3n) is 3.68. The number of hydrogen-bond donors (Lipinski definition) is 2. The Kier molecular flexibility index (Phi) is 4.80. The Balaban J connectivity index is 1.65. The topological polar surface area (TPSA) is 63.0 Å². The molecule has 23 heavy (non-hydrogen) atoms. The minimum atomic E-state index is -0.519. The van der Waals surface area contributed by atoms with Crippen molar-refractivity contribution in [3.8, 4) is 11.3 Å². The molecule has 0 aliphatic carbocycles. The SMILES string of the molecule is Cn1cc(CNCC(O)c2ccccc2)c(-c2cccnc2)n1. The van der Waals surface area contributed by atoms with Crippen molar-refractivity contribution in [2.75, 3.05) is 6.54 Å². The summed E-state index contributed by atoms with van der Waals surface area (Å²) in [6.07, 6.45) is 5.03. The summed E-state index contributed by atoms with van der Waals surface area (Å²) in [6.45, 7) is 1.13. The van der Waals surface area contributed by atoms with E-state index in [0.29, 0.717) is 13.1 Å². The molecular formula is C18H20N4O. The Labute approximate surface area is 135 Å². The first-order valence-electron chi connectivity index (χ1n) is 7.60. The van der Waals surface area contributed by atoms with Crippen molar-refractivity contribution in [1.82, 2.24) is 20.1 Å². The van der Waals surface area contributed by atoms with Gasteiger partial charge in [-0.05, 0) is 17.7 Å². The molecule has 0 amide bonds. The van der Waals surface area contributed by atoms with Crippen LogP contribution in [0, 0.1) is 0 Å². The van der Waals surface area contributed by atoms with E-state index in [9.17, 15) is 5.11 Å². The second-order valence-corrected chi connectivity index (χ2v) is 5.48. The van der Waals surface area contributed by atoms with Crippen LogP contribution in [-0.4, -0.2) is 26.4 Å². The van der Waals surface area contributed by atoms with Crippen molar-refractivity contribution in [2.45, 2.75) is 12.6 Å². The zero-order chi connectivity index (χ0) is 16.1. The first-order valence-corrected chi connectivity index (χ1v) is 7.60. The maximum Gasteiger partial charge on any atom is 0.0983 e. The summed E-state index contributed by atoms with van der Waals surface area (Å²) in [5.74, 6) is 0. The molecule has 0 radical (unpaired) electrons. The third kappa shape index (κ3) is 3.83.